The summed E-state index contributed by atoms with van der Waals surface area (Å²) in [5.41, 5.74) is 2.37. The first kappa shape index (κ1) is 14.4. The summed E-state index contributed by atoms with van der Waals surface area (Å²) < 4.78 is 2.47. The Hall–Kier alpha value is -1.59. The first-order valence-corrected chi connectivity index (χ1v) is 7.71. The number of para-hydroxylation sites is 1. The minimum Gasteiger partial charge on any atom is -0.268 e. The molecular formula is C16H13BrN2OS. The Morgan fingerprint density at radius 3 is 2.57 bits per heavy atom. The van der Waals surface area contributed by atoms with Crippen molar-refractivity contribution in [2.24, 2.45) is 0 Å². The lowest BCUT2D eigenvalue weighted by Gasteiger charge is -2.14. The Balaban J connectivity index is 2.49. The molecule has 3 aromatic rings. The standard InChI is InChI=1S/C16H13BrN2OS/c1-9-7-8-13(21)14-15(9)18-10(2)19(16(14)20)12-6-4-3-5-11(12)17/h3-8,21H,1-2H3. The van der Waals surface area contributed by atoms with Gasteiger partial charge in [-0.2, -0.15) is 0 Å². The third-order valence-electron chi connectivity index (χ3n) is 3.47. The molecule has 0 radical (unpaired) electrons. The van der Waals surface area contributed by atoms with Crippen molar-refractivity contribution in [2.75, 3.05) is 0 Å². The van der Waals surface area contributed by atoms with Crippen molar-refractivity contribution in [1.29, 1.82) is 0 Å². The maximum Gasteiger partial charge on any atom is 0.267 e. The average Bonchev–Trinajstić information content (AvgIpc) is 2.44. The Labute approximate surface area is 136 Å². The fourth-order valence-electron chi connectivity index (χ4n) is 2.43. The molecule has 0 atom stereocenters. The third kappa shape index (κ3) is 2.30. The van der Waals surface area contributed by atoms with Gasteiger partial charge in [0.05, 0.1) is 16.6 Å². The van der Waals surface area contributed by atoms with Gasteiger partial charge in [-0.1, -0.05) is 18.2 Å². The predicted octanol–water partition coefficient (Wildman–Crippen LogP) is 4.05. The van der Waals surface area contributed by atoms with Crippen molar-refractivity contribution in [3.05, 3.63) is 62.6 Å². The van der Waals surface area contributed by atoms with Crippen LogP contribution in [0.25, 0.3) is 16.6 Å². The van der Waals surface area contributed by atoms with Crippen LogP contribution in [-0.2, 0) is 0 Å². The molecule has 0 amide bonds. The summed E-state index contributed by atoms with van der Waals surface area (Å²) in [6, 6.07) is 11.4. The van der Waals surface area contributed by atoms with Crippen LogP contribution >= 0.6 is 28.6 Å². The third-order valence-corrected chi connectivity index (χ3v) is 4.51. The van der Waals surface area contributed by atoms with Crippen LogP contribution in [0.1, 0.15) is 11.4 Å². The number of benzene rings is 2. The van der Waals surface area contributed by atoms with Crippen LogP contribution in [0, 0.1) is 13.8 Å². The zero-order chi connectivity index (χ0) is 15.1. The van der Waals surface area contributed by atoms with Gasteiger partial charge >= 0.3 is 0 Å². The molecule has 0 bridgehead atoms. The lowest BCUT2D eigenvalue weighted by atomic mass is 10.1. The fourth-order valence-corrected chi connectivity index (χ4v) is 3.17. The van der Waals surface area contributed by atoms with E-state index in [1.807, 2.05) is 50.2 Å². The summed E-state index contributed by atoms with van der Waals surface area (Å²) in [4.78, 5) is 18.2. The molecule has 3 rings (SSSR count). The highest BCUT2D eigenvalue weighted by molar-refractivity contribution is 9.10. The summed E-state index contributed by atoms with van der Waals surface area (Å²) in [5.74, 6) is 0.654. The number of halogens is 1. The number of aryl methyl sites for hydroxylation is 2. The first-order valence-electron chi connectivity index (χ1n) is 6.47. The highest BCUT2D eigenvalue weighted by Crippen LogP contribution is 2.24. The average molecular weight is 361 g/mol. The fraction of sp³-hybridized carbons (Fsp3) is 0.125. The van der Waals surface area contributed by atoms with Gasteiger partial charge in [0, 0.05) is 9.37 Å². The summed E-state index contributed by atoms with van der Waals surface area (Å²) in [6.45, 7) is 3.79. The second-order valence-electron chi connectivity index (χ2n) is 4.88. The van der Waals surface area contributed by atoms with E-state index in [1.165, 1.54) is 0 Å². The number of rotatable bonds is 1. The van der Waals surface area contributed by atoms with Gasteiger partial charge in [0.25, 0.3) is 5.56 Å². The van der Waals surface area contributed by atoms with Crippen molar-refractivity contribution in [3.63, 3.8) is 0 Å². The molecule has 0 aliphatic rings. The number of hydrogen-bond donors (Lipinski definition) is 1. The van der Waals surface area contributed by atoms with Crippen molar-refractivity contribution >= 4 is 39.5 Å². The van der Waals surface area contributed by atoms with E-state index in [1.54, 1.807) is 4.57 Å². The molecule has 0 aliphatic heterocycles. The van der Waals surface area contributed by atoms with Crippen molar-refractivity contribution < 1.29 is 0 Å². The Morgan fingerprint density at radius 1 is 1.14 bits per heavy atom. The van der Waals surface area contributed by atoms with Gasteiger partial charge in [-0.05, 0) is 53.5 Å². The van der Waals surface area contributed by atoms with E-state index in [-0.39, 0.29) is 5.56 Å². The molecule has 106 valence electrons. The molecule has 0 saturated heterocycles. The van der Waals surface area contributed by atoms with Crippen molar-refractivity contribution in [1.82, 2.24) is 9.55 Å². The van der Waals surface area contributed by atoms with Crippen LogP contribution in [0.5, 0.6) is 0 Å². The zero-order valence-electron chi connectivity index (χ0n) is 11.6. The lowest BCUT2D eigenvalue weighted by Crippen LogP contribution is -2.23. The largest absolute Gasteiger partial charge is 0.268 e. The lowest BCUT2D eigenvalue weighted by molar-refractivity contribution is 0.887. The molecule has 0 spiro atoms. The van der Waals surface area contributed by atoms with Crippen molar-refractivity contribution in [2.45, 2.75) is 18.7 Å². The van der Waals surface area contributed by atoms with E-state index in [0.717, 1.165) is 15.7 Å². The second kappa shape index (κ2) is 5.31. The maximum absolute atomic E-state index is 12.9. The molecule has 2 aromatic carbocycles. The van der Waals surface area contributed by atoms with Gasteiger partial charge in [-0.25, -0.2) is 4.98 Å². The summed E-state index contributed by atoms with van der Waals surface area (Å²) in [5, 5.41) is 0.555. The Kier molecular flexibility index (Phi) is 3.63. The van der Waals surface area contributed by atoms with E-state index in [0.29, 0.717) is 21.6 Å². The van der Waals surface area contributed by atoms with Crippen LogP contribution in [0.3, 0.4) is 0 Å². The number of nitrogens with zero attached hydrogens (tertiary/aromatic N) is 2. The van der Waals surface area contributed by atoms with Gasteiger partial charge < -0.3 is 0 Å². The molecule has 0 unspecified atom stereocenters. The topological polar surface area (TPSA) is 34.9 Å². The van der Waals surface area contributed by atoms with Crippen LogP contribution in [0.15, 0.2) is 50.6 Å². The van der Waals surface area contributed by atoms with E-state index in [9.17, 15) is 4.79 Å². The highest BCUT2D eigenvalue weighted by Gasteiger charge is 2.14. The van der Waals surface area contributed by atoms with Gasteiger partial charge in [0.2, 0.25) is 0 Å². The highest BCUT2D eigenvalue weighted by atomic mass is 79.9. The molecule has 21 heavy (non-hydrogen) atoms. The van der Waals surface area contributed by atoms with E-state index in [4.69, 9.17) is 0 Å². The van der Waals surface area contributed by atoms with Gasteiger partial charge in [-0.3, -0.25) is 9.36 Å². The van der Waals surface area contributed by atoms with E-state index >= 15 is 0 Å². The molecule has 0 aliphatic carbocycles. The van der Waals surface area contributed by atoms with Crippen LogP contribution < -0.4 is 5.56 Å². The van der Waals surface area contributed by atoms with Gasteiger partial charge in [-0.15, -0.1) is 12.6 Å². The first-order chi connectivity index (χ1) is 10.0. The van der Waals surface area contributed by atoms with Crippen LogP contribution in [0.2, 0.25) is 0 Å². The zero-order valence-corrected chi connectivity index (χ0v) is 14.1. The summed E-state index contributed by atoms with van der Waals surface area (Å²) >= 11 is 7.91. The van der Waals surface area contributed by atoms with Crippen LogP contribution in [-0.4, -0.2) is 9.55 Å². The molecule has 1 heterocycles. The quantitative estimate of drug-likeness (QED) is 0.664. The minimum absolute atomic E-state index is 0.0990. The van der Waals surface area contributed by atoms with Crippen molar-refractivity contribution in [3.8, 4) is 5.69 Å². The second-order valence-corrected chi connectivity index (χ2v) is 6.21. The maximum atomic E-state index is 12.9. The molecular weight excluding hydrogens is 348 g/mol. The van der Waals surface area contributed by atoms with Crippen LogP contribution in [0.4, 0.5) is 0 Å². The number of hydrogen-bond acceptors (Lipinski definition) is 3. The number of aromatic nitrogens is 2. The SMILES string of the molecule is Cc1ccc(S)c2c(=O)n(-c3ccccc3Br)c(C)nc12. The Bertz CT molecular complexity index is 918. The number of thiol groups is 1. The monoisotopic (exact) mass is 360 g/mol. The van der Waals surface area contributed by atoms with E-state index in [2.05, 4.69) is 33.5 Å². The van der Waals surface area contributed by atoms with E-state index < -0.39 is 0 Å². The molecule has 0 N–H and O–H groups in total. The normalized spacial score (nSPS) is 11.0. The Morgan fingerprint density at radius 2 is 1.86 bits per heavy atom. The summed E-state index contributed by atoms with van der Waals surface area (Å²) in [6.07, 6.45) is 0. The summed E-state index contributed by atoms with van der Waals surface area (Å²) in [7, 11) is 0. The van der Waals surface area contributed by atoms with Gasteiger partial charge in [0.15, 0.2) is 0 Å². The minimum atomic E-state index is -0.0990. The number of fused-ring (bicyclic) bond motifs is 1. The molecule has 0 saturated carbocycles. The molecule has 3 nitrogen and oxygen atoms in total. The molecule has 1 aromatic heterocycles. The predicted molar refractivity (Wildman–Crippen MR) is 91.8 cm³/mol. The molecule has 5 heteroatoms. The van der Waals surface area contributed by atoms with Gasteiger partial charge in [0.1, 0.15) is 5.82 Å². The smallest absolute Gasteiger partial charge is 0.267 e. The molecule has 0 fully saturated rings.